The van der Waals surface area contributed by atoms with Crippen LogP contribution in [0.4, 0.5) is 0 Å². The van der Waals surface area contributed by atoms with Gasteiger partial charge in [-0.05, 0) is 36.3 Å². The Balaban J connectivity index is 1.94. The third kappa shape index (κ3) is 4.91. The molecule has 128 valence electrons. The Kier molecular flexibility index (Phi) is 5.68. The van der Waals surface area contributed by atoms with Crippen molar-refractivity contribution in [1.82, 2.24) is 0 Å². The van der Waals surface area contributed by atoms with Crippen molar-refractivity contribution in [2.24, 2.45) is 0 Å². The highest BCUT2D eigenvalue weighted by atomic mass is 28.4. The van der Waals surface area contributed by atoms with E-state index < -0.39 is 26.8 Å². The van der Waals surface area contributed by atoms with Gasteiger partial charge < -0.3 is 19.0 Å². The summed E-state index contributed by atoms with van der Waals surface area (Å²) >= 11 is 0. The van der Waals surface area contributed by atoms with E-state index in [4.69, 9.17) is 13.9 Å². The largest absolute Gasteiger partial charge is 0.461 e. The van der Waals surface area contributed by atoms with E-state index in [-0.39, 0.29) is 5.04 Å². The molecule has 5 heteroatoms. The summed E-state index contributed by atoms with van der Waals surface area (Å²) in [6.45, 7) is 11.3. The lowest BCUT2D eigenvalue weighted by Crippen LogP contribution is -2.47. The third-order valence-corrected chi connectivity index (χ3v) is 9.07. The zero-order valence-electron chi connectivity index (χ0n) is 14.7. The van der Waals surface area contributed by atoms with Gasteiger partial charge in [0.05, 0.1) is 6.61 Å². The topological polar surface area (TPSA) is 47.9 Å². The second kappa shape index (κ2) is 7.17. The summed E-state index contributed by atoms with van der Waals surface area (Å²) in [6.07, 6.45) is 1.86. The zero-order chi connectivity index (χ0) is 17.1. The summed E-state index contributed by atoms with van der Waals surface area (Å²) in [5.74, 6) is 0.739. The molecule has 1 aromatic carbocycles. The molecule has 0 radical (unpaired) electrons. The first-order valence-electron chi connectivity index (χ1n) is 8.06. The van der Waals surface area contributed by atoms with Crippen LogP contribution in [0.3, 0.4) is 0 Å². The van der Waals surface area contributed by atoms with Crippen LogP contribution < -0.4 is 4.74 Å². The van der Waals surface area contributed by atoms with Crippen LogP contribution in [0.2, 0.25) is 18.1 Å². The van der Waals surface area contributed by atoms with Crippen molar-refractivity contribution in [2.45, 2.75) is 57.4 Å². The fourth-order valence-electron chi connectivity index (χ4n) is 1.97. The predicted molar refractivity (Wildman–Crippen MR) is 94.0 cm³/mol. The molecular formula is C18H28O4Si. The van der Waals surface area contributed by atoms with Gasteiger partial charge in [-0.25, -0.2) is 0 Å². The van der Waals surface area contributed by atoms with Crippen LogP contribution in [0.5, 0.6) is 5.75 Å². The fraction of sp³-hybridized carbons (Fsp3) is 0.556. The van der Waals surface area contributed by atoms with Crippen molar-refractivity contribution in [3.8, 4) is 5.75 Å². The van der Waals surface area contributed by atoms with Gasteiger partial charge in [-0.2, -0.15) is 0 Å². The summed E-state index contributed by atoms with van der Waals surface area (Å²) in [4.78, 5) is 0. The molecule has 1 aliphatic rings. The highest BCUT2D eigenvalue weighted by molar-refractivity contribution is 6.74. The molecule has 1 heterocycles. The standard InChI is InChI=1S/C18H28O4Si/c1-18(2,3)23(4,5)20-13-16-15(19)11-12-17(22-16)21-14-9-7-6-8-10-14/h6-12,15-17,19H,13H2,1-5H3/t15-,16+,17-/m1/s1. The highest BCUT2D eigenvalue weighted by Gasteiger charge is 2.39. The van der Waals surface area contributed by atoms with Crippen molar-refractivity contribution in [3.63, 3.8) is 0 Å². The lowest BCUT2D eigenvalue weighted by Gasteiger charge is -2.38. The smallest absolute Gasteiger partial charge is 0.220 e. The number of aliphatic hydroxyl groups is 1. The number of ether oxygens (including phenoxy) is 2. The van der Waals surface area contributed by atoms with Crippen molar-refractivity contribution in [3.05, 3.63) is 42.5 Å². The Hall–Kier alpha value is -1.14. The molecule has 0 aliphatic carbocycles. The van der Waals surface area contributed by atoms with Crippen LogP contribution in [0.1, 0.15) is 20.8 Å². The lowest BCUT2D eigenvalue weighted by molar-refractivity contribution is -0.141. The quantitative estimate of drug-likeness (QED) is 0.657. The van der Waals surface area contributed by atoms with E-state index in [1.54, 1.807) is 12.2 Å². The third-order valence-electron chi connectivity index (χ3n) is 4.57. The molecule has 0 aromatic heterocycles. The molecule has 1 aromatic rings. The minimum absolute atomic E-state index is 0.127. The zero-order valence-corrected chi connectivity index (χ0v) is 15.7. The van der Waals surface area contributed by atoms with Crippen molar-refractivity contribution < 1.29 is 19.0 Å². The van der Waals surface area contributed by atoms with Gasteiger partial charge in [-0.1, -0.05) is 45.0 Å². The van der Waals surface area contributed by atoms with E-state index in [0.717, 1.165) is 5.75 Å². The second-order valence-electron chi connectivity index (χ2n) is 7.42. The average molecular weight is 337 g/mol. The fourth-order valence-corrected chi connectivity index (χ4v) is 2.99. The van der Waals surface area contributed by atoms with Gasteiger partial charge in [0.2, 0.25) is 6.29 Å². The molecule has 1 aliphatic heterocycles. The average Bonchev–Trinajstić information content (AvgIpc) is 2.48. The van der Waals surface area contributed by atoms with Gasteiger partial charge in [-0.3, -0.25) is 0 Å². The first kappa shape index (κ1) is 18.2. The SMILES string of the molecule is CC(C)(C)[Si](C)(C)OC[C@@H]1O[C@@H](Oc2ccccc2)C=C[C@H]1O. The Morgan fingerprint density at radius 3 is 2.39 bits per heavy atom. The molecule has 0 unspecified atom stereocenters. The lowest BCUT2D eigenvalue weighted by atomic mass is 10.1. The number of hydrogen-bond acceptors (Lipinski definition) is 4. The molecule has 0 amide bonds. The maximum atomic E-state index is 10.1. The van der Waals surface area contributed by atoms with Gasteiger partial charge in [-0.15, -0.1) is 0 Å². The molecule has 0 bridgehead atoms. The van der Waals surface area contributed by atoms with Gasteiger partial charge in [0.25, 0.3) is 0 Å². The van der Waals surface area contributed by atoms with Gasteiger partial charge >= 0.3 is 0 Å². The van der Waals surface area contributed by atoms with Crippen LogP contribution in [0.25, 0.3) is 0 Å². The number of benzene rings is 1. The van der Waals surface area contributed by atoms with Crippen molar-refractivity contribution in [2.75, 3.05) is 6.61 Å². The minimum atomic E-state index is -1.87. The molecule has 0 fully saturated rings. The molecule has 0 saturated heterocycles. The molecule has 3 atom stereocenters. The molecule has 2 rings (SSSR count). The number of para-hydroxylation sites is 1. The summed E-state index contributed by atoms with van der Waals surface area (Å²) in [5.41, 5.74) is 0. The minimum Gasteiger partial charge on any atom is -0.461 e. The second-order valence-corrected chi connectivity index (χ2v) is 12.2. The summed E-state index contributed by atoms with van der Waals surface area (Å²) in [5, 5.41) is 10.2. The van der Waals surface area contributed by atoms with Crippen molar-refractivity contribution >= 4 is 8.32 Å². The number of hydrogen-bond donors (Lipinski definition) is 1. The van der Waals surface area contributed by atoms with Crippen molar-refractivity contribution in [1.29, 1.82) is 0 Å². The van der Waals surface area contributed by atoms with Crippen LogP contribution in [-0.2, 0) is 9.16 Å². The van der Waals surface area contributed by atoms with Crippen LogP contribution in [0.15, 0.2) is 42.5 Å². The molecular weight excluding hydrogens is 308 g/mol. The van der Waals surface area contributed by atoms with Crippen LogP contribution in [-0.4, -0.2) is 38.5 Å². The maximum absolute atomic E-state index is 10.1. The molecule has 0 saturated carbocycles. The van der Waals surface area contributed by atoms with Gasteiger partial charge in [0.15, 0.2) is 8.32 Å². The molecule has 4 nitrogen and oxygen atoms in total. The molecule has 0 spiro atoms. The maximum Gasteiger partial charge on any atom is 0.220 e. The molecule has 1 N–H and O–H groups in total. The van der Waals surface area contributed by atoms with E-state index in [1.165, 1.54) is 0 Å². The molecule has 23 heavy (non-hydrogen) atoms. The number of rotatable bonds is 5. The van der Waals surface area contributed by atoms with E-state index >= 15 is 0 Å². The Morgan fingerprint density at radius 2 is 1.78 bits per heavy atom. The Morgan fingerprint density at radius 1 is 1.13 bits per heavy atom. The van der Waals surface area contributed by atoms with Crippen LogP contribution in [0, 0.1) is 0 Å². The van der Waals surface area contributed by atoms with E-state index in [9.17, 15) is 5.11 Å². The predicted octanol–water partition coefficient (Wildman–Crippen LogP) is 3.73. The van der Waals surface area contributed by atoms with Crippen LogP contribution >= 0.6 is 0 Å². The number of aliphatic hydroxyl groups excluding tert-OH is 1. The van der Waals surface area contributed by atoms with E-state index in [2.05, 4.69) is 33.9 Å². The normalized spacial score (nSPS) is 25.4. The first-order valence-corrected chi connectivity index (χ1v) is 11.0. The highest BCUT2D eigenvalue weighted by Crippen LogP contribution is 2.36. The van der Waals surface area contributed by atoms with E-state index in [1.807, 2.05) is 30.3 Å². The van der Waals surface area contributed by atoms with Gasteiger partial charge in [0.1, 0.15) is 18.0 Å². The Labute approximate surface area is 140 Å². The monoisotopic (exact) mass is 336 g/mol. The van der Waals surface area contributed by atoms with E-state index in [0.29, 0.717) is 6.61 Å². The van der Waals surface area contributed by atoms with Gasteiger partial charge in [0, 0.05) is 0 Å². The summed E-state index contributed by atoms with van der Waals surface area (Å²) in [7, 11) is -1.87. The first-order chi connectivity index (χ1) is 10.7. The summed E-state index contributed by atoms with van der Waals surface area (Å²) < 4.78 is 17.8. The Bertz CT molecular complexity index is 522. The summed E-state index contributed by atoms with van der Waals surface area (Å²) in [6, 6.07) is 9.51.